The van der Waals surface area contributed by atoms with Gasteiger partial charge in [-0.1, -0.05) is 42.0 Å². The fourth-order valence-electron chi connectivity index (χ4n) is 3.42. The summed E-state index contributed by atoms with van der Waals surface area (Å²) in [5.41, 5.74) is 4.00. The van der Waals surface area contributed by atoms with Gasteiger partial charge in [-0.05, 0) is 74.7 Å². The van der Waals surface area contributed by atoms with Gasteiger partial charge in [-0.2, -0.15) is 0 Å². The first-order valence-electron chi connectivity index (χ1n) is 10.9. The Bertz CT molecular complexity index is 1220. The molecule has 3 aromatic rings. The van der Waals surface area contributed by atoms with Crippen LogP contribution in [0.25, 0.3) is 0 Å². The summed E-state index contributed by atoms with van der Waals surface area (Å²) < 4.78 is 33.8. The van der Waals surface area contributed by atoms with E-state index in [1.807, 2.05) is 64.1 Å². The average molecular weight is 467 g/mol. The van der Waals surface area contributed by atoms with E-state index in [9.17, 15) is 13.2 Å². The van der Waals surface area contributed by atoms with E-state index in [0.29, 0.717) is 12.3 Å². The monoisotopic (exact) mass is 466 g/mol. The summed E-state index contributed by atoms with van der Waals surface area (Å²) in [5.74, 6) is 0.330. The fraction of sp³-hybridized carbons (Fsp3) is 0.269. The normalized spacial score (nSPS) is 11.2. The molecule has 0 heterocycles. The second-order valence-electron chi connectivity index (χ2n) is 7.97. The van der Waals surface area contributed by atoms with E-state index >= 15 is 0 Å². The van der Waals surface area contributed by atoms with Gasteiger partial charge >= 0.3 is 0 Å². The molecule has 0 radical (unpaired) electrons. The van der Waals surface area contributed by atoms with Gasteiger partial charge in [0.1, 0.15) is 12.3 Å². The van der Waals surface area contributed by atoms with E-state index in [0.717, 1.165) is 28.0 Å². The van der Waals surface area contributed by atoms with Crippen LogP contribution in [-0.2, 0) is 21.4 Å². The van der Waals surface area contributed by atoms with Crippen molar-refractivity contribution in [1.82, 2.24) is 5.32 Å². The molecule has 6 nitrogen and oxygen atoms in total. The van der Waals surface area contributed by atoms with Crippen molar-refractivity contribution in [3.8, 4) is 5.75 Å². The third kappa shape index (κ3) is 6.14. The predicted molar refractivity (Wildman–Crippen MR) is 131 cm³/mol. The third-order valence-electron chi connectivity index (χ3n) is 5.23. The van der Waals surface area contributed by atoms with Crippen LogP contribution in [0.1, 0.15) is 29.2 Å². The standard InChI is InChI=1S/C26H30N2O4S/c1-5-32-23-8-6-7-22(16-23)17-27-26(29)18-28(25-15-20(3)9-12-21(25)4)33(30,31)24-13-10-19(2)11-14-24/h6-16H,5,17-18H2,1-4H3,(H,27,29). The van der Waals surface area contributed by atoms with Crippen molar-refractivity contribution in [2.45, 2.75) is 39.1 Å². The maximum absolute atomic E-state index is 13.6. The minimum atomic E-state index is -3.95. The zero-order chi connectivity index (χ0) is 24.0. The minimum absolute atomic E-state index is 0.145. The summed E-state index contributed by atoms with van der Waals surface area (Å²) in [6.45, 7) is 8.03. The zero-order valence-corrected chi connectivity index (χ0v) is 20.3. The molecule has 0 aliphatic carbocycles. The van der Waals surface area contributed by atoms with Crippen molar-refractivity contribution in [3.63, 3.8) is 0 Å². The van der Waals surface area contributed by atoms with Gasteiger partial charge in [-0.3, -0.25) is 9.10 Å². The molecule has 3 rings (SSSR count). The van der Waals surface area contributed by atoms with Gasteiger partial charge in [0.05, 0.1) is 17.2 Å². The summed E-state index contributed by atoms with van der Waals surface area (Å²) in [4.78, 5) is 13.0. The average Bonchev–Trinajstić information content (AvgIpc) is 2.78. The van der Waals surface area contributed by atoms with E-state index in [4.69, 9.17) is 4.74 Å². The summed E-state index contributed by atoms with van der Waals surface area (Å²) in [6.07, 6.45) is 0. The first kappa shape index (κ1) is 24.3. The molecule has 7 heteroatoms. The highest BCUT2D eigenvalue weighted by molar-refractivity contribution is 7.92. The molecule has 0 aliphatic rings. The zero-order valence-electron chi connectivity index (χ0n) is 19.5. The molecule has 33 heavy (non-hydrogen) atoms. The fourth-order valence-corrected chi connectivity index (χ4v) is 4.90. The van der Waals surface area contributed by atoms with Crippen LogP contribution in [0.2, 0.25) is 0 Å². The van der Waals surface area contributed by atoms with Crippen molar-refractivity contribution >= 4 is 21.6 Å². The number of rotatable bonds is 9. The third-order valence-corrected chi connectivity index (χ3v) is 7.00. The summed E-state index contributed by atoms with van der Waals surface area (Å²) in [6, 6.07) is 19.7. The van der Waals surface area contributed by atoms with Gasteiger partial charge in [0.25, 0.3) is 10.0 Å². The van der Waals surface area contributed by atoms with Crippen LogP contribution in [0.15, 0.2) is 71.6 Å². The van der Waals surface area contributed by atoms with E-state index in [1.54, 1.807) is 30.3 Å². The van der Waals surface area contributed by atoms with Crippen molar-refractivity contribution in [2.75, 3.05) is 17.5 Å². The molecular weight excluding hydrogens is 436 g/mol. The van der Waals surface area contributed by atoms with Gasteiger partial charge in [0, 0.05) is 6.54 Å². The van der Waals surface area contributed by atoms with Crippen LogP contribution in [0.3, 0.4) is 0 Å². The molecule has 174 valence electrons. The number of amides is 1. The minimum Gasteiger partial charge on any atom is -0.494 e. The highest BCUT2D eigenvalue weighted by Gasteiger charge is 2.28. The molecule has 0 aliphatic heterocycles. The van der Waals surface area contributed by atoms with Crippen LogP contribution in [0.4, 0.5) is 5.69 Å². The van der Waals surface area contributed by atoms with E-state index in [1.165, 1.54) is 4.31 Å². The largest absolute Gasteiger partial charge is 0.494 e. The molecular formula is C26H30N2O4S. The van der Waals surface area contributed by atoms with Gasteiger partial charge < -0.3 is 10.1 Å². The summed E-state index contributed by atoms with van der Waals surface area (Å²) in [5, 5.41) is 2.83. The van der Waals surface area contributed by atoms with Crippen LogP contribution < -0.4 is 14.4 Å². The lowest BCUT2D eigenvalue weighted by atomic mass is 10.1. The Morgan fingerprint density at radius 3 is 2.33 bits per heavy atom. The smallest absolute Gasteiger partial charge is 0.264 e. The first-order chi connectivity index (χ1) is 15.7. The topological polar surface area (TPSA) is 75.7 Å². The second kappa shape index (κ2) is 10.5. The lowest BCUT2D eigenvalue weighted by Gasteiger charge is -2.26. The maximum atomic E-state index is 13.6. The van der Waals surface area contributed by atoms with E-state index < -0.39 is 15.9 Å². The summed E-state index contributed by atoms with van der Waals surface area (Å²) in [7, 11) is -3.95. The Kier molecular flexibility index (Phi) is 7.76. The van der Waals surface area contributed by atoms with Crippen molar-refractivity contribution in [2.24, 2.45) is 0 Å². The molecule has 0 saturated carbocycles. The number of hydrogen-bond acceptors (Lipinski definition) is 4. The van der Waals surface area contributed by atoms with Crippen LogP contribution >= 0.6 is 0 Å². The van der Waals surface area contributed by atoms with Crippen molar-refractivity contribution in [3.05, 3.63) is 89.0 Å². The van der Waals surface area contributed by atoms with Crippen LogP contribution in [-0.4, -0.2) is 27.5 Å². The number of anilines is 1. The Morgan fingerprint density at radius 2 is 1.64 bits per heavy atom. The molecule has 3 aromatic carbocycles. The van der Waals surface area contributed by atoms with E-state index in [-0.39, 0.29) is 18.0 Å². The lowest BCUT2D eigenvalue weighted by molar-refractivity contribution is -0.119. The molecule has 0 aromatic heterocycles. The number of ether oxygens (including phenoxy) is 1. The number of aryl methyl sites for hydroxylation is 3. The molecule has 1 amide bonds. The number of hydrogen-bond donors (Lipinski definition) is 1. The molecule has 0 fully saturated rings. The Balaban J connectivity index is 1.87. The van der Waals surface area contributed by atoms with Gasteiger partial charge in [0.15, 0.2) is 0 Å². The quantitative estimate of drug-likeness (QED) is 0.503. The SMILES string of the molecule is CCOc1cccc(CNC(=O)CN(c2cc(C)ccc2C)S(=O)(=O)c2ccc(C)cc2)c1. The van der Waals surface area contributed by atoms with Crippen molar-refractivity contribution < 1.29 is 17.9 Å². The molecule has 0 bridgehead atoms. The molecule has 0 unspecified atom stereocenters. The van der Waals surface area contributed by atoms with Gasteiger partial charge in [0.2, 0.25) is 5.91 Å². The number of benzene rings is 3. The second-order valence-corrected chi connectivity index (χ2v) is 9.83. The number of nitrogens with one attached hydrogen (secondary N) is 1. The lowest BCUT2D eigenvalue weighted by Crippen LogP contribution is -2.41. The Hall–Kier alpha value is -3.32. The maximum Gasteiger partial charge on any atom is 0.264 e. The number of carbonyl (C=O) groups is 1. The molecule has 0 spiro atoms. The number of nitrogens with zero attached hydrogens (tertiary/aromatic N) is 1. The first-order valence-corrected chi connectivity index (χ1v) is 12.3. The van der Waals surface area contributed by atoms with Gasteiger partial charge in [-0.15, -0.1) is 0 Å². The van der Waals surface area contributed by atoms with Crippen molar-refractivity contribution in [1.29, 1.82) is 0 Å². The molecule has 0 saturated heterocycles. The number of sulfonamides is 1. The highest BCUT2D eigenvalue weighted by Crippen LogP contribution is 2.28. The van der Waals surface area contributed by atoms with Gasteiger partial charge in [-0.25, -0.2) is 8.42 Å². The Labute approximate surface area is 196 Å². The predicted octanol–water partition coefficient (Wildman–Crippen LogP) is 4.52. The van der Waals surface area contributed by atoms with E-state index in [2.05, 4.69) is 5.32 Å². The highest BCUT2D eigenvalue weighted by atomic mass is 32.2. The Morgan fingerprint density at radius 1 is 0.939 bits per heavy atom. The summed E-state index contributed by atoms with van der Waals surface area (Å²) >= 11 is 0. The number of carbonyl (C=O) groups excluding carboxylic acids is 1. The molecule has 1 N–H and O–H groups in total. The molecule has 0 atom stereocenters. The van der Waals surface area contributed by atoms with Crippen LogP contribution in [0, 0.1) is 20.8 Å². The van der Waals surface area contributed by atoms with Crippen LogP contribution in [0.5, 0.6) is 5.75 Å².